The van der Waals surface area contributed by atoms with Gasteiger partial charge in [0, 0.05) is 12.0 Å². The van der Waals surface area contributed by atoms with E-state index in [1.807, 2.05) is 45.0 Å². The second-order valence-electron chi connectivity index (χ2n) is 4.85. The molecule has 1 heterocycles. The van der Waals surface area contributed by atoms with Crippen molar-refractivity contribution in [3.63, 3.8) is 0 Å². The molecule has 102 valence electrons. The SMILES string of the molecule is CC(C)c1noc(COc2ccc([C@H](C)N)cc2)n1. The van der Waals surface area contributed by atoms with Gasteiger partial charge in [0.1, 0.15) is 5.75 Å². The highest BCUT2D eigenvalue weighted by molar-refractivity contribution is 5.28. The summed E-state index contributed by atoms with van der Waals surface area (Å²) in [7, 11) is 0. The van der Waals surface area contributed by atoms with Crippen LogP contribution in [0.5, 0.6) is 5.75 Å². The summed E-state index contributed by atoms with van der Waals surface area (Å²) in [6, 6.07) is 7.70. The van der Waals surface area contributed by atoms with Crippen molar-refractivity contribution in [2.75, 3.05) is 0 Å². The molecule has 5 heteroatoms. The number of hydrogen-bond acceptors (Lipinski definition) is 5. The number of benzene rings is 1. The van der Waals surface area contributed by atoms with Crippen molar-refractivity contribution in [1.29, 1.82) is 0 Å². The van der Waals surface area contributed by atoms with Crippen LogP contribution in [0.15, 0.2) is 28.8 Å². The average molecular weight is 261 g/mol. The molecule has 0 aliphatic heterocycles. The lowest BCUT2D eigenvalue weighted by atomic mass is 10.1. The smallest absolute Gasteiger partial charge is 0.264 e. The summed E-state index contributed by atoms with van der Waals surface area (Å²) in [6.07, 6.45) is 0. The maximum atomic E-state index is 5.79. The molecule has 1 aromatic carbocycles. The van der Waals surface area contributed by atoms with Crippen LogP contribution in [0.4, 0.5) is 0 Å². The van der Waals surface area contributed by atoms with Crippen LogP contribution < -0.4 is 10.5 Å². The summed E-state index contributed by atoms with van der Waals surface area (Å²) in [6.45, 7) is 6.25. The van der Waals surface area contributed by atoms with E-state index in [-0.39, 0.29) is 18.6 Å². The monoisotopic (exact) mass is 261 g/mol. The summed E-state index contributed by atoms with van der Waals surface area (Å²) >= 11 is 0. The molecule has 19 heavy (non-hydrogen) atoms. The van der Waals surface area contributed by atoms with Crippen LogP contribution in [-0.2, 0) is 6.61 Å². The lowest BCUT2D eigenvalue weighted by Gasteiger charge is -2.07. The minimum Gasteiger partial charge on any atom is -0.484 e. The second-order valence-corrected chi connectivity index (χ2v) is 4.85. The molecule has 0 bridgehead atoms. The highest BCUT2D eigenvalue weighted by Gasteiger charge is 2.10. The Balaban J connectivity index is 1.94. The number of aromatic nitrogens is 2. The number of rotatable bonds is 5. The Labute approximate surface area is 112 Å². The summed E-state index contributed by atoms with van der Waals surface area (Å²) < 4.78 is 10.7. The molecule has 1 atom stereocenters. The molecule has 0 aliphatic rings. The molecule has 0 unspecified atom stereocenters. The number of nitrogens with two attached hydrogens (primary N) is 1. The Morgan fingerprint density at radius 3 is 2.42 bits per heavy atom. The van der Waals surface area contributed by atoms with E-state index in [4.69, 9.17) is 15.0 Å². The van der Waals surface area contributed by atoms with Gasteiger partial charge < -0.3 is 15.0 Å². The van der Waals surface area contributed by atoms with E-state index >= 15 is 0 Å². The third kappa shape index (κ3) is 3.54. The Morgan fingerprint density at radius 1 is 1.21 bits per heavy atom. The van der Waals surface area contributed by atoms with Crippen molar-refractivity contribution in [1.82, 2.24) is 10.1 Å². The summed E-state index contributed by atoms with van der Waals surface area (Å²) in [5.74, 6) is 2.20. The molecule has 2 N–H and O–H groups in total. The number of nitrogens with zero attached hydrogens (tertiary/aromatic N) is 2. The molecule has 0 saturated carbocycles. The van der Waals surface area contributed by atoms with Gasteiger partial charge in [-0.3, -0.25) is 0 Å². The van der Waals surface area contributed by atoms with Gasteiger partial charge in [-0.15, -0.1) is 0 Å². The first-order valence-corrected chi connectivity index (χ1v) is 6.37. The average Bonchev–Trinajstić information content (AvgIpc) is 2.86. The van der Waals surface area contributed by atoms with Crippen molar-refractivity contribution in [2.24, 2.45) is 5.73 Å². The fourth-order valence-electron chi connectivity index (χ4n) is 1.57. The number of ether oxygens (including phenoxy) is 1. The van der Waals surface area contributed by atoms with E-state index in [0.29, 0.717) is 11.7 Å². The molecule has 0 saturated heterocycles. The van der Waals surface area contributed by atoms with E-state index < -0.39 is 0 Å². The first kappa shape index (κ1) is 13.5. The van der Waals surface area contributed by atoms with E-state index in [0.717, 1.165) is 11.3 Å². The predicted octanol–water partition coefficient (Wildman–Crippen LogP) is 2.79. The molecule has 0 fully saturated rings. The van der Waals surface area contributed by atoms with Gasteiger partial charge in [0.2, 0.25) is 0 Å². The van der Waals surface area contributed by atoms with Gasteiger partial charge in [-0.25, -0.2) is 0 Å². The van der Waals surface area contributed by atoms with Crippen LogP contribution >= 0.6 is 0 Å². The molecular formula is C14H19N3O2. The largest absolute Gasteiger partial charge is 0.484 e. The van der Waals surface area contributed by atoms with Crippen LogP contribution in [0.2, 0.25) is 0 Å². The third-order valence-corrected chi connectivity index (χ3v) is 2.77. The molecule has 0 aliphatic carbocycles. The van der Waals surface area contributed by atoms with Gasteiger partial charge >= 0.3 is 0 Å². The highest BCUT2D eigenvalue weighted by atomic mass is 16.5. The van der Waals surface area contributed by atoms with Gasteiger partial charge in [-0.2, -0.15) is 4.98 Å². The van der Waals surface area contributed by atoms with Gasteiger partial charge in [-0.05, 0) is 24.6 Å². The first-order chi connectivity index (χ1) is 9.06. The van der Waals surface area contributed by atoms with Crippen LogP contribution in [0.1, 0.15) is 50.0 Å². The van der Waals surface area contributed by atoms with Gasteiger partial charge in [0.25, 0.3) is 5.89 Å². The highest BCUT2D eigenvalue weighted by Crippen LogP contribution is 2.17. The standard InChI is InChI=1S/C14H19N3O2/c1-9(2)14-16-13(19-17-14)8-18-12-6-4-11(5-7-12)10(3)15/h4-7,9-10H,8,15H2,1-3H3/t10-/m0/s1. The fourth-order valence-corrected chi connectivity index (χ4v) is 1.57. The minimum absolute atomic E-state index is 0.0265. The maximum Gasteiger partial charge on any atom is 0.264 e. The quantitative estimate of drug-likeness (QED) is 0.895. The molecule has 0 spiro atoms. The normalized spacial score (nSPS) is 12.7. The summed E-state index contributed by atoms with van der Waals surface area (Å²) in [4.78, 5) is 4.25. The Hall–Kier alpha value is -1.88. The van der Waals surface area contributed by atoms with Crippen molar-refractivity contribution < 1.29 is 9.26 Å². The zero-order chi connectivity index (χ0) is 13.8. The molecule has 0 radical (unpaired) electrons. The van der Waals surface area contributed by atoms with E-state index in [2.05, 4.69) is 10.1 Å². The maximum absolute atomic E-state index is 5.79. The van der Waals surface area contributed by atoms with Crippen LogP contribution in [0, 0.1) is 0 Å². The molecule has 2 aromatic rings. The zero-order valence-electron chi connectivity index (χ0n) is 11.5. The third-order valence-electron chi connectivity index (χ3n) is 2.77. The molecule has 5 nitrogen and oxygen atoms in total. The van der Waals surface area contributed by atoms with Crippen LogP contribution in [0.25, 0.3) is 0 Å². The second kappa shape index (κ2) is 5.84. The van der Waals surface area contributed by atoms with Crippen molar-refractivity contribution in [2.45, 2.75) is 39.3 Å². The lowest BCUT2D eigenvalue weighted by molar-refractivity contribution is 0.242. The zero-order valence-corrected chi connectivity index (χ0v) is 11.5. The molecule has 2 rings (SSSR count). The minimum atomic E-state index is 0.0265. The molecular weight excluding hydrogens is 242 g/mol. The Kier molecular flexibility index (Phi) is 4.16. The Bertz CT molecular complexity index is 518. The molecule has 0 amide bonds. The molecule has 1 aromatic heterocycles. The van der Waals surface area contributed by atoms with Gasteiger partial charge in [0.15, 0.2) is 12.4 Å². The van der Waals surface area contributed by atoms with Gasteiger partial charge in [0.05, 0.1) is 0 Å². The van der Waals surface area contributed by atoms with Gasteiger partial charge in [-0.1, -0.05) is 31.1 Å². The van der Waals surface area contributed by atoms with E-state index in [1.54, 1.807) is 0 Å². The van der Waals surface area contributed by atoms with Crippen molar-refractivity contribution in [3.8, 4) is 5.75 Å². The fraction of sp³-hybridized carbons (Fsp3) is 0.429. The Morgan fingerprint density at radius 2 is 1.89 bits per heavy atom. The van der Waals surface area contributed by atoms with Crippen molar-refractivity contribution in [3.05, 3.63) is 41.5 Å². The first-order valence-electron chi connectivity index (χ1n) is 6.37. The number of hydrogen-bond donors (Lipinski definition) is 1. The van der Waals surface area contributed by atoms with E-state index in [9.17, 15) is 0 Å². The van der Waals surface area contributed by atoms with E-state index in [1.165, 1.54) is 0 Å². The topological polar surface area (TPSA) is 74.2 Å². The van der Waals surface area contributed by atoms with Crippen LogP contribution in [-0.4, -0.2) is 10.1 Å². The summed E-state index contributed by atoms with van der Waals surface area (Å²) in [5, 5.41) is 3.88. The predicted molar refractivity (Wildman–Crippen MR) is 71.8 cm³/mol. The van der Waals surface area contributed by atoms with Crippen LogP contribution in [0.3, 0.4) is 0 Å². The van der Waals surface area contributed by atoms with Crippen molar-refractivity contribution >= 4 is 0 Å². The lowest BCUT2D eigenvalue weighted by Crippen LogP contribution is -2.04. The summed E-state index contributed by atoms with van der Waals surface area (Å²) in [5.41, 5.74) is 6.86.